The number of benzene rings is 2. The van der Waals surface area contributed by atoms with E-state index in [-0.39, 0.29) is 11.5 Å². The first-order valence-corrected chi connectivity index (χ1v) is 11.2. The molecule has 164 valence electrons. The van der Waals surface area contributed by atoms with Crippen molar-refractivity contribution in [2.75, 3.05) is 24.6 Å². The van der Waals surface area contributed by atoms with Gasteiger partial charge in [0.2, 0.25) is 5.95 Å². The summed E-state index contributed by atoms with van der Waals surface area (Å²) >= 11 is 12.7. The first-order valence-electron chi connectivity index (χ1n) is 10.4. The van der Waals surface area contributed by atoms with E-state index in [9.17, 15) is 0 Å². The van der Waals surface area contributed by atoms with Crippen molar-refractivity contribution in [2.45, 2.75) is 38.8 Å². The van der Waals surface area contributed by atoms with Crippen LogP contribution in [-0.4, -0.2) is 33.6 Å². The van der Waals surface area contributed by atoms with Crippen molar-refractivity contribution >= 4 is 45.9 Å². The number of hydrogen-bond donors (Lipinski definition) is 2. The molecule has 4 N–H and O–H groups in total. The Kier molecular flexibility index (Phi) is 6.15. The Labute approximate surface area is 192 Å². The van der Waals surface area contributed by atoms with Crippen LogP contribution in [0.15, 0.2) is 36.4 Å². The molecule has 4 rings (SSSR count). The molecule has 6 nitrogen and oxygen atoms in total. The summed E-state index contributed by atoms with van der Waals surface area (Å²) < 4.78 is 6.51. The average Bonchev–Trinajstić information content (AvgIpc) is 2.70. The maximum absolute atomic E-state index is 6.51. The van der Waals surface area contributed by atoms with Crippen LogP contribution in [0.2, 0.25) is 10.0 Å². The van der Waals surface area contributed by atoms with Crippen LogP contribution in [0, 0.1) is 5.92 Å². The van der Waals surface area contributed by atoms with Gasteiger partial charge in [0.25, 0.3) is 0 Å². The van der Waals surface area contributed by atoms with Crippen LogP contribution in [0.25, 0.3) is 10.9 Å². The number of nitrogen functional groups attached to an aromatic ring is 2. The molecule has 1 fully saturated rings. The summed E-state index contributed by atoms with van der Waals surface area (Å²) in [7, 11) is 0. The third-order valence-electron chi connectivity index (χ3n) is 6.12. The molecule has 0 aliphatic carbocycles. The minimum Gasteiger partial charge on any atom is -0.487 e. The summed E-state index contributed by atoms with van der Waals surface area (Å²) in [4.78, 5) is 10.8. The molecule has 0 unspecified atom stereocenters. The van der Waals surface area contributed by atoms with E-state index >= 15 is 0 Å². The number of likely N-dealkylation sites (tertiary alicyclic amines) is 1. The molecule has 3 aromatic rings. The van der Waals surface area contributed by atoms with E-state index < -0.39 is 0 Å². The molecule has 0 spiro atoms. The number of nitrogens with zero attached hydrogens (tertiary/aromatic N) is 3. The van der Waals surface area contributed by atoms with E-state index in [0.717, 1.165) is 48.1 Å². The van der Waals surface area contributed by atoms with E-state index in [1.807, 2.05) is 36.4 Å². The standard InChI is InChI=1S/C23H27Cl2N5O/c1-23(2,31-19-8-4-7-18-20(19)21(26)29-22(27)28-18)14-9-11-30(12-10-14)13-15-16(24)5-3-6-17(15)25/h3-8,14H,9-13H2,1-2H3,(H4,26,27,28,29). The Morgan fingerprint density at radius 1 is 1.03 bits per heavy atom. The lowest BCUT2D eigenvalue weighted by atomic mass is 9.82. The Hall–Kier alpha value is -2.28. The van der Waals surface area contributed by atoms with Crippen molar-refractivity contribution in [3.05, 3.63) is 52.0 Å². The summed E-state index contributed by atoms with van der Waals surface area (Å²) in [5.41, 5.74) is 13.2. The lowest BCUT2D eigenvalue weighted by Gasteiger charge is -2.41. The molecular weight excluding hydrogens is 433 g/mol. The number of piperidine rings is 1. The molecule has 2 aromatic carbocycles. The number of anilines is 2. The molecule has 2 heterocycles. The minimum atomic E-state index is -0.379. The van der Waals surface area contributed by atoms with Gasteiger partial charge in [0.15, 0.2) is 0 Å². The molecule has 0 bridgehead atoms. The largest absolute Gasteiger partial charge is 0.487 e. The highest BCUT2D eigenvalue weighted by Gasteiger charge is 2.35. The van der Waals surface area contributed by atoms with Gasteiger partial charge in [-0.2, -0.15) is 4.98 Å². The van der Waals surface area contributed by atoms with Gasteiger partial charge in [-0.1, -0.05) is 35.3 Å². The molecule has 0 radical (unpaired) electrons. The Balaban J connectivity index is 1.46. The second kappa shape index (κ2) is 8.69. The fraction of sp³-hybridized carbons (Fsp3) is 0.391. The average molecular weight is 460 g/mol. The summed E-state index contributed by atoms with van der Waals surface area (Å²) in [6.45, 7) is 6.93. The molecule has 1 saturated heterocycles. The SMILES string of the molecule is CC(C)(Oc1cccc2nc(N)nc(N)c12)C1CCN(Cc2c(Cl)cccc2Cl)CC1. The molecule has 1 aliphatic heterocycles. The van der Waals surface area contributed by atoms with Crippen LogP contribution in [0.5, 0.6) is 5.75 Å². The maximum Gasteiger partial charge on any atom is 0.222 e. The fourth-order valence-electron chi connectivity index (χ4n) is 4.34. The second-order valence-corrected chi connectivity index (χ2v) is 9.39. The first kappa shape index (κ1) is 21.9. The molecule has 0 atom stereocenters. The quantitative estimate of drug-likeness (QED) is 0.546. The highest BCUT2D eigenvalue weighted by atomic mass is 35.5. The van der Waals surface area contributed by atoms with Crippen LogP contribution in [0.3, 0.4) is 0 Å². The summed E-state index contributed by atoms with van der Waals surface area (Å²) in [5, 5.41) is 2.14. The van der Waals surface area contributed by atoms with Crippen molar-refractivity contribution in [1.82, 2.24) is 14.9 Å². The highest BCUT2D eigenvalue weighted by molar-refractivity contribution is 6.35. The fourth-order valence-corrected chi connectivity index (χ4v) is 4.86. The van der Waals surface area contributed by atoms with Gasteiger partial charge in [0.05, 0.1) is 10.9 Å². The van der Waals surface area contributed by atoms with Crippen LogP contribution < -0.4 is 16.2 Å². The molecule has 8 heteroatoms. The molecule has 31 heavy (non-hydrogen) atoms. The molecule has 0 saturated carbocycles. The summed E-state index contributed by atoms with van der Waals surface area (Å²) in [5.74, 6) is 1.56. The Morgan fingerprint density at radius 3 is 2.35 bits per heavy atom. The van der Waals surface area contributed by atoms with Crippen LogP contribution in [0.4, 0.5) is 11.8 Å². The molecular formula is C23H27Cl2N5O. The predicted molar refractivity (Wildman–Crippen MR) is 128 cm³/mol. The van der Waals surface area contributed by atoms with Gasteiger partial charge in [0, 0.05) is 28.1 Å². The van der Waals surface area contributed by atoms with Crippen molar-refractivity contribution in [3.63, 3.8) is 0 Å². The number of ether oxygens (including phenoxy) is 1. The smallest absolute Gasteiger partial charge is 0.222 e. The van der Waals surface area contributed by atoms with E-state index in [0.29, 0.717) is 28.4 Å². The zero-order chi connectivity index (χ0) is 22.2. The van der Waals surface area contributed by atoms with Crippen molar-refractivity contribution < 1.29 is 4.74 Å². The zero-order valence-corrected chi connectivity index (χ0v) is 19.2. The molecule has 1 aromatic heterocycles. The first-order chi connectivity index (χ1) is 14.7. The van der Waals surface area contributed by atoms with Gasteiger partial charge >= 0.3 is 0 Å². The summed E-state index contributed by atoms with van der Waals surface area (Å²) in [6, 6.07) is 11.3. The molecule has 0 amide bonds. The van der Waals surface area contributed by atoms with Crippen LogP contribution in [0.1, 0.15) is 32.3 Å². The van der Waals surface area contributed by atoms with Crippen LogP contribution in [-0.2, 0) is 6.54 Å². The highest BCUT2D eigenvalue weighted by Crippen LogP contribution is 2.37. The Morgan fingerprint density at radius 2 is 1.68 bits per heavy atom. The van der Waals surface area contributed by atoms with Gasteiger partial charge in [0.1, 0.15) is 17.2 Å². The normalized spacial score (nSPS) is 16.0. The van der Waals surface area contributed by atoms with Gasteiger partial charge < -0.3 is 16.2 Å². The third kappa shape index (κ3) is 4.66. The number of nitrogens with two attached hydrogens (primary N) is 2. The van der Waals surface area contributed by atoms with Crippen molar-refractivity contribution in [3.8, 4) is 5.75 Å². The lowest BCUT2D eigenvalue weighted by Crippen LogP contribution is -2.45. The number of fused-ring (bicyclic) bond motifs is 1. The van der Waals surface area contributed by atoms with E-state index in [1.165, 1.54) is 0 Å². The van der Waals surface area contributed by atoms with Crippen molar-refractivity contribution in [2.24, 2.45) is 5.92 Å². The number of halogens is 2. The minimum absolute atomic E-state index is 0.160. The Bertz CT molecular complexity index is 1080. The molecule has 1 aliphatic rings. The van der Waals surface area contributed by atoms with Gasteiger partial charge in [-0.15, -0.1) is 0 Å². The second-order valence-electron chi connectivity index (χ2n) is 8.57. The number of rotatable bonds is 5. The third-order valence-corrected chi connectivity index (χ3v) is 6.83. The predicted octanol–water partition coefficient (Wildman–Crippen LogP) is 5.17. The van der Waals surface area contributed by atoms with Gasteiger partial charge in [-0.25, -0.2) is 4.98 Å². The maximum atomic E-state index is 6.51. The van der Waals surface area contributed by atoms with E-state index in [4.69, 9.17) is 39.4 Å². The van der Waals surface area contributed by atoms with E-state index in [2.05, 4.69) is 28.7 Å². The van der Waals surface area contributed by atoms with Crippen molar-refractivity contribution in [1.29, 1.82) is 0 Å². The summed E-state index contributed by atoms with van der Waals surface area (Å²) in [6.07, 6.45) is 2.03. The monoisotopic (exact) mass is 459 g/mol. The van der Waals surface area contributed by atoms with Gasteiger partial charge in [-0.3, -0.25) is 4.90 Å². The van der Waals surface area contributed by atoms with Crippen LogP contribution >= 0.6 is 23.2 Å². The number of hydrogen-bond acceptors (Lipinski definition) is 6. The number of aromatic nitrogens is 2. The topological polar surface area (TPSA) is 90.3 Å². The lowest BCUT2D eigenvalue weighted by molar-refractivity contribution is 0.00876. The van der Waals surface area contributed by atoms with E-state index in [1.54, 1.807) is 0 Å². The zero-order valence-electron chi connectivity index (χ0n) is 17.7. The van der Waals surface area contributed by atoms with Gasteiger partial charge in [-0.05, 0) is 64.0 Å².